The van der Waals surface area contributed by atoms with Gasteiger partial charge in [-0.25, -0.2) is 4.79 Å². The number of ether oxygens (including phenoxy) is 1. The van der Waals surface area contributed by atoms with E-state index in [9.17, 15) is 14.7 Å². The number of carbonyl (C=O) groups excluding carboxylic acids is 2. The normalized spacial score (nSPS) is 10.9. The molecule has 1 amide bonds. The zero-order valence-corrected chi connectivity index (χ0v) is 14.8. The molecule has 0 unspecified atom stereocenters. The van der Waals surface area contributed by atoms with Crippen LogP contribution in [0.3, 0.4) is 0 Å². The van der Waals surface area contributed by atoms with Gasteiger partial charge < -0.3 is 15.2 Å². The number of esters is 1. The van der Waals surface area contributed by atoms with E-state index in [0.29, 0.717) is 22.7 Å². The summed E-state index contributed by atoms with van der Waals surface area (Å²) in [5, 5.41) is 13.3. The molecule has 1 heterocycles. The number of rotatable bonds is 3. The lowest BCUT2D eigenvalue weighted by Crippen LogP contribution is -2.14. The molecule has 6 heteroatoms. The molecule has 5 nitrogen and oxygen atoms in total. The highest BCUT2D eigenvalue weighted by molar-refractivity contribution is 7.20. The maximum absolute atomic E-state index is 11.9. The van der Waals surface area contributed by atoms with Crippen LogP contribution >= 0.6 is 11.3 Å². The molecule has 1 aromatic heterocycles. The fraction of sp³-hybridized carbons (Fsp3) is 0.333. The summed E-state index contributed by atoms with van der Waals surface area (Å²) in [5.41, 5.74) is -0.0630. The Kier molecular flexibility index (Phi) is 5.27. The van der Waals surface area contributed by atoms with E-state index in [2.05, 4.69) is 17.2 Å². The van der Waals surface area contributed by atoms with Crippen molar-refractivity contribution < 1.29 is 19.4 Å². The quantitative estimate of drug-likeness (QED) is 0.662. The highest BCUT2D eigenvalue weighted by Gasteiger charge is 2.16. The van der Waals surface area contributed by atoms with Gasteiger partial charge in [-0.3, -0.25) is 4.79 Å². The second-order valence-corrected chi connectivity index (χ2v) is 6.81. The molecule has 2 N–H and O–H groups in total. The summed E-state index contributed by atoms with van der Waals surface area (Å²) in [5.74, 6) is 5.07. The molecule has 2 rings (SSSR count). The van der Waals surface area contributed by atoms with Crippen LogP contribution in [-0.2, 0) is 9.53 Å². The Bertz CT molecular complexity index is 849. The molecule has 0 aliphatic carbocycles. The molecule has 24 heavy (non-hydrogen) atoms. The van der Waals surface area contributed by atoms with Crippen LogP contribution in [-0.4, -0.2) is 29.2 Å². The van der Waals surface area contributed by atoms with Gasteiger partial charge in [0.2, 0.25) is 5.91 Å². The molecule has 2 aromatic rings. The molecule has 0 spiro atoms. The first-order valence-corrected chi connectivity index (χ1v) is 8.29. The third-order valence-electron chi connectivity index (χ3n) is 2.98. The summed E-state index contributed by atoms with van der Waals surface area (Å²) < 4.78 is 5.89. The van der Waals surface area contributed by atoms with Gasteiger partial charge in [-0.2, -0.15) is 0 Å². The Morgan fingerprint density at radius 1 is 1.38 bits per heavy atom. The molecule has 0 radical (unpaired) electrons. The molecule has 0 aliphatic heterocycles. The van der Waals surface area contributed by atoms with Gasteiger partial charge in [-0.15, -0.1) is 11.3 Å². The number of amides is 1. The maximum Gasteiger partial charge on any atom is 0.348 e. The Balaban J connectivity index is 2.63. The Morgan fingerprint density at radius 3 is 2.67 bits per heavy atom. The minimum Gasteiger partial charge on any atom is -0.462 e. The van der Waals surface area contributed by atoms with E-state index in [0.717, 1.165) is 10.1 Å². The summed E-state index contributed by atoms with van der Waals surface area (Å²) in [6.45, 7) is 6.62. The molecule has 0 saturated carbocycles. The van der Waals surface area contributed by atoms with Gasteiger partial charge in [0.05, 0.1) is 17.9 Å². The van der Waals surface area contributed by atoms with Crippen LogP contribution in [0.15, 0.2) is 18.2 Å². The first-order chi connectivity index (χ1) is 11.2. The number of carbonyl (C=O) groups is 2. The van der Waals surface area contributed by atoms with Gasteiger partial charge in [-0.05, 0) is 39.0 Å². The molecule has 0 atom stereocenters. The molecule has 0 saturated heterocycles. The van der Waals surface area contributed by atoms with Crippen molar-refractivity contribution in [3.63, 3.8) is 0 Å². The fourth-order valence-corrected chi connectivity index (χ4v) is 3.02. The molecule has 0 bridgehead atoms. The first-order valence-electron chi connectivity index (χ1n) is 7.48. The van der Waals surface area contributed by atoms with Gasteiger partial charge in [0.25, 0.3) is 0 Å². The second-order valence-electron chi connectivity index (χ2n) is 5.72. The standard InChI is InChI=1S/C18H19NO4S/c1-5-23-17(21)16-10-13-12(8-9-18(3,4)22)14(19-11(2)20)6-7-15(13)24-16/h6-7,10,22H,5H2,1-4H3,(H,19,20). The summed E-state index contributed by atoms with van der Waals surface area (Å²) in [6.07, 6.45) is 0. The molecular weight excluding hydrogens is 326 g/mol. The Labute approximate surface area is 144 Å². The topological polar surface area (TPSA) is 75.6 Å². The lowest BCUT2D eigenvalue weighted by atomic mass is 10.1. The van der Waals surface area contributed by atoms with E-state index in [-0.39, 0.29) is 11.9 Å². The molecule has 126 valence electrons. The number of hydrogen-bond acceptors (Lipinski definition) is 5. The van der Waals surface area contributed by atoms with Gasteiger partial charge in [0, 0.05) is 17.0 Å². The summed E-state index contributed by atoms with van der Waals surface area (Å²) >= 11 is 1.30. The van der Waals surface area contributed by atoms with E-state index >= 15 is 0 Å². The number of thiophene rings is 1. The molecule has 0 aliphatic rings. The predicted molar refractivity (Wildman–Crippen MR) is 95.3 cm³/mol. The van der Waals surface area contributed by atoms with Crippen molar-refractivity contribution in [2.24, 2.45) is 0 Å². The van der Waals surface area contributed by atoms with Gasteiger partial charge >= 0.3 is 5.97 Å². The zero-order valence-electron chi connectivity index (χ0n) is 14.0. The number of hydrogen-bond donors (Lipinski definition) is 2. The van der Waals surface area contributed by atoms with E-state index in [1.807, 2.05) is 6.07 Å². The van der Waals surface area contributed by atoms with Crippen molar-refractivity contribution >= 4 is 39.0 Å². The van der Waals surface area contributed by atoms with Crippen molar-refractivity contribution in [2.45, 2.75) is 33.3 Å². The fourth-order valence-electron chi connectivity index (χ4n) is 2.06. The van der Waals surface area contributed by atoms with Crippen LogP contribution in [0.25, 0.3) is 10.1 Å². The molecular formula is C18H19NO4S. The third kappa shape index (κ3) is 4.34. The van der Waals surface area contributed by atoms with Crippen LogP contribution in [0.1, 0.15) is 42.9 Å². The van der Waals surface area contributed by atoms with Crippen LogP contribution < -0.4 is 5.32 Å². The van der Waals surface area contributed by atoms with Crippen LogP contribution in [0.4, 0.5) is 5.69 Å². The maximum atomic E-state index is 11.9. The number of aliphatic hydroxyl groups is 1. The van der Waals surface area contributed by atoms with Crippen molar-refractivity contribution in [2.75, 3.05) is 11.9 Å². The van der Waals surface area contributed by atoms with Crippen LogP contribution in [0.5, 0.6) is 0 Å². The molecule has 0 fully saturated rings. The van der Waals surface area contributed by atoms with Gasteiger partial charge in [0.15, 0.2) is 0 Å². The average Bonchev–Trinajstić information content (AvgIpc) is 2.89. The summed E-state index contributed by atoms with van der Waals surface area (Å²) in [4.78, 5) is 23.8. The lowest BCUT2D eigenvalue weighted by Gasteiger charge is -2.09. The second kappa shape index (κ2) is 7.04. The van der Waals surface area contributed by atoms with Crippen molar-refractivity contribution in [3.8, 4) is 11.8 Å². The monoisotopic (exact) mass is 345 g/mol. The summed E-state index contributed by atoms with van der Waals surface area (Å²) in [6, 6.07) is 5.27. The van der Waals surface area contributed by atoms with E-state index < -0.39 is 5.60 Å². The largest absolute Gasteiger partial charge is 0.462 e. The van der Waals surface area contributed by atoms with Gasteiger partial charge in [-0.1, -0.05) is 11.8 Å². The Morgan fingerprint density at radius 2 is 2.08 bits per heavy atom. The van der Waals surface area contributed by atoms with E-state index in [1.165, 1.54) is 18.3 Å². The number of fused-ring (bicyclic) bond motifs is 1. The minimum atomic E-state index is -1.17. The minimum absolute atomic E-state index is 0.221. The first kappa shape index (κ1) is 18.0. The number of benzene rings is 1. The van der Waals surface area contributed by atoms with Crippen molar-refractivity contribution in [1.29, 1.82) is 0 Å². The third-order valence-corrected chi connectivity index (χ3v) is 4.06. The smallest absolute Gasteiger partial charge is 0.348 e. The summed E-state index contributed by atoms with van der Waals surface area (Å²) in [7, 11) is 0. The molecule has 1 aromatic carbocycles. The number of nitrogens with one attached hydrogen (secondary N) is 1. The van der Waals surface area contributed by atoms with E-state index in [1.54, 1.807) is 32.9 Å². The highest BCUT2D eigenvalue weighted by Crippen LogP contribution is 2.33. The van der Waals surface area contributed by atoms with Crippen molar-refractivity contribution in [3.05, 3.63) is 28.6 Å². The number of anilines is 1. The van der Waals surface area contributed by atoms with Gasteiger partial charge in [0.1, 0.15) is 10.5 Å². The van der Waals surface area contributed by atoms with Crippen LogP contribution in [0, 0.1) is 11.8 Å². The average molecular weight is 345 g/mol. The lowest BCUT2D eigenvalue weighted by molar-refractivity contribution is -0.114. The SMILES string of the molecule is CCOC(=O)c1cc2c(C#CC(C)(C)O)c(NC(C)=O)ccc2s1. The zero-order chi connectivity index (χ0) is 17.9. The van der Waals surface area contributed by atoms with Crippen LogP contribution in [0.2, 0.25) is 0 Å². The predicted octanol–water partition coefficient (Wildman–Crippen LogP) is 3.16. The Hall–Kier alpha value is -2.36. The highest BCUT2D eigenvalue weighted by atomic mass is 32.1. The van der Waals surface area contributed by atoms with Crippen molar-refractivity contribution in [1.82, 2.24) is 0 Å². The van der Waals surface area contributed by atoms with E-state index in [4.69, 9.17) is 4.74 Å².